The maximum absolute atomic E-state index is 16.9. The summed E-state index contributed by atoms with van der Waals surface area (Å²) in [6, 6.07) is 4.89. The Hall–Kier alpha value is -3.50. The van der Waals surface area contributed by atoms with Crippen molar-refractivity contribution >= 4 is 54.7 Å². The Kier molecular flexibility index (Phi) is 6.73. The molecule has 3 aliphatic rings. The van der Waals surface area contributed by atoms with Crippen molar-refractivity contribution in [1.29, 1.82) is 5.26 Å². The smallest absolute Gasteiger partial charge is 0.319 e. The minimum Gasteiger partial charge on any atom is -0.489 e. The quantitative estimate of drug-likeness (QED) is 0.319. The normalized spacial score (nSPS) is 21.2. The first-order valence-corrected chi connectivity index (χ1v) is 15.0. The number of likely N-dealkylation sites (N-methyl/N-ethyl adjacent to an activating group) is 1. The Morgan fingerprint density at radius 3 is 2.74 bits per heavy atom. The molecule has 2 aromatic carbocycles. The number of nitrogens with two attached hydrogens (primary N) is 1. The van der Waals surface area contributed by atoms with E-state index in [1.165, 1.54) is 12.1 Å². The van der Waals surface area contributed by atoms with Crippen LogP contribution in [-0.4, -0.2) is 73.0 Å². The van der Waals surface area contributed by atoms with Crippen LogP contribution in [-0.2, 0) is 4.74 Å². The van der Waals surface area contributed by atoms with Crippen LogP contribution in [0.2, 0.25) is 5.02 Å². The molecular formula is C29H27ClF2N6O3S. The first-order valence-electron chi connectivity index (χ1n) is 13.8. The fourth-order valence-electron chi connectivity index (χ4n) is 6.23. The summed E-state index contributed by atoms with van der Waals surface area (Å²) >= 11 is 7.89. The van der Waals surface area contributed by atoms with Gasteiger partial charge < -0.3 is 24.8 Å². The van der Waals surface area contributed by atoms with Crippen LogP contribution in [0.5, 0.6) is 11.8 Å². The number of thiophene rings is 1. The van der Waals surface area contributed by atoms with E-state index in [2.05, 4.69) is 14.8 Å². The summed E-state index contributed by atoms with van der Waals surface area (Å²) in [6.07, 6.45) is 1.51. The number of halogens is 3. The highest BCUT2D eigenvalue weighted by Crippen LogP contribution is 2.51. The molecule has 13 heteroatoms. The molecule has 2 N–H and O–H groups in total. The maximum atomic E-state index is 16.9. The molecular weight excluding hydrogens is 586 g/mol. The Labute approximate surface area is 249 Å². The van der Waals surface area contributed by atoms with Gasteiger partial charge in [-0.2, -0.15) is 15.2 Å². The summed E-state index contributed by atoms with van der Waals surface area (Å²) in [5.74, 6) is -0.642. The molecule has 2 unspecified atom stereocenters. The highest BCUT2D eigenvalue weighted by Gasteiger charge is 2.36. The van der Waals surface area contributed by atoms with Gasteiger partial charge >= 0.3 is 6.01 Å². The lowest BCUT2D eigenvalue weighted by Crippen LogP contribution is -2.52. The number of nitrogen functional groups attached to an aromatic ring is 1. The van der Waals surface area contributed by atoms with Gasteiger partial charge in [-0.1, -0.05) is 17.7 Å². The maximum Gasteiger partial charge on any atom is 0.319 e. The van der Waals surface area contributed by atoms with E-state index >= 15 is 4.39 Å². The molecule has 2 aromatic heterocycles. The molecule has 0 radical (unpaired) electrons. The molecule has 0 spiro atoms. The van der Waals surface area contributed by atoms with Gasteiger partial charge in [0.1, 0.15) is 40.9 Å². The summed E-state index contributed by atoms with van der Waals surface area (Å²) in [6.45, 7) is 4.74. The second-order valence-electron chi connectivity index (χ2n) is 10.9. The number of ether oxygens (including phenoxy) is 3. The van der Waals surface area contributed by atoms with Crippen molar-refractivity contribution < 1.29 is 23.0 Å². The average Bonchev–Trinajstić information content (AvgIpc) is 3.56. The van der Waals surface area contributed by atoms with Gasteiger partial charge in [-0.3, -0.25) is 4.90 Å². The van der Waals surface area contributed by atoms with Gasteiger partial charge in [-0.05, 0) is 45.0 Å². The topological polar surface area (TPSA) is 110 Å². The van der Waals surface area contributed by atoms with Gasteiger partial charge in [0.25, 0.3) is 0 Å². The number of hydrogen-bond donors (Lipinski definition) is 1. The van der Waals surface area contributed by atoms with Crippen molar-refractivity contribution in [3.05, 3.63) is 34.4 Å². The molecule has 0 bridgehead atoms. The second-order valence-corrected chi connectivity index (χ2v) is 12.3. The van der Waals surface area contributed by atoms with E-state index in [1.807, 2.05) is 20.0 Å². The third-order valence-electron chi connectivity index (χ3n) is 8.52. The van der Waals surface area contributed by atoms with Gasteiger partial charge in [0, 0.05) is 23.6 Å². The first-order chi connectivity index (χ1) is 20.3. The molecule has 42 heavy (non-hydrogen) atoms. The lowest BCUT2D eigenvalue weighted by atomic mass is 9.96. The molecule has 3 atom stereocenters. The average molecular weight is 613 g/mol. The number of anilines is 2. The summed E-state index contributed by atoms with van der Waals surface area (Å²) in [5, 5.41) is 10.5. The fourth-order valence-corrected chi connectivity index (χ4v) is 7.51. The van der Waals surface area contributed by atoms with Crippen molar-refractivity contribution in [1.82, 2.24) is 14.9 Å². The number of nitrogens with zero attached hydrogens (tertiary/aromatic N) is 5. The fraction of sp³-hybridized carbons (Fsp3) is 0.414. The lowest BCUT2D eigenvalue weighted by Gasteiger charge is -2.41. The van der Waals surface area contributed by atoms with Crippen molar-refractivity contribution in [3.63, 3.8) is 0 Å². The van der Waals surface area contributed by atoms with Gasteiger partial charge in [0.15, 0.2) is 11.6 Å². The lowest BCUT2D eigenvalue weighted by molar-refractivity contribution is 0.0226. The van der Waals surface area contributed by atoms with E-state index in [-0.39, 0.29) is 78.9 Å². The van der Waals surface area contributed by atoms with Gasteiger partial charge in [-0.25, -0.2) is 8.78 Å². The predicted octanol–water partition coefficient (Wildman–Crippen LogP) is 5.36. The highest BCUT2D eigenvalue weighted by molar-refractivity contribution is 7.23. The van der Waals surface area contributed by atoms with E-state index in [1.54, 1.807) is 0 Å². The molecule has 7 rings (SSSR count). The van der Waals surface area contributed by atoms with Crippen molar-refractivity contribution in [2.75, 3.05) is 50.6 Å². The van der Waals surface area contributed by atoms with Crippen LogP contribution in [0.15, 0.2) is 12.1 Å². The van der Waals surface area contributed by atoms with E-state index in [9.17, 15) is 9.65 Å². The van der Waals surface area contributed by atoms with Crippen LogP contribution in [0, 0.1) is 23.0 Å². The number of nitriles is 1. The molecule has 9 nitrogen and oxygen atoms in total. The van der Waals surface area contributed by atoms with Gasteiger partial charge in [0.05, 0.1) is 39.9 Å². The Morgan fingerprint density at radius 2 is 2.05 bits per heavy atom. The predicted molar refractivity (Wildman–Crippen MR) is 158 cm³/mol. The van der Waals surface area contributed by atoms with E-state index < -0.39 is 11.6 Å². The molecule has 0 aliphatic carbocycles. The number of aromatic nitrogens is 2. The largest absolute Gasteiger partial charge is 0.489 e. The first kappa shape index (κ1) is 27.3. The van der Waals surface area contributed by atoms with Gasteiger partial charge in [0.2, 0.25) is 0 Å². The molecule has 4 aromatic rings. The number of hydrogen-bond acceptors (Lipinski definition) is 10. The van der Waals surface area contributed by atoms with Crippen molar-refractivity contribution in [2.45, 2.75) is 38.0 Å². The van der Waals surface area contributed by atoms with Crippen LogP contribution in [0.1, 0.15) is 25.3 Å². The minimum atomic E-state index is -0.754. The van der Waals surface area contributed by atoms with Crippen molar-refractivity contribution in [2.24, 2.45) is 0 Å². The zero-order valence-electron chi connectivity index (χ0n) is 22.9. The molecule has 0 saturated carbocycles. The monoisotopic (exact) mass is 612 g/mol. The Bertz CT molecular complexity index is 1790. The molecule has 2 saturated heterocycles. The number of likely N-dealkylation sites (tertiary alicyclic amines) is 1. The molecule has 5 heterocycles. The standard InChI is InChI=1S/C29H27ClF2N6O3S/c1-13(18-5-7-37(18)2)41-29-35-24-21-25(40-10-8-38(28(21)36-29)14-6-9-39-12-14)22(30)20(23(24)32)15-3-4-17(31)26-19(15)16(11-33)27(34)42-26/h3-4,13-14,18H,5-10,12,34H2,1-2H3/t13-,14?,18?/m0/s1. The number of rotatable bonds is 5. The van der Waals surface area contributed by atoms with E-state index in [0.29, 0.717) is 31.0 Å². The molecule has 0 amide bonds. The Balaban J connectivity index is 1.50. The third-order valence-corrected chi connectivity index (χ3v) is 9.90. The van der Waals surface area contributed by atoms with Crippen molar-refractivity contribution in [3.8, 4) is 29.0 Å². The zero-order chi connectivity index (χ0) is 29.3. The van der Waals surface area contributed by atoms with Crippen LogP contribution in [0.4, 0.5) is 19.6 Å². The van der Waals surface area contributed by atoms with Crippen LogP contribution >= 0.6 is 22.9 Å². The third kappa shape index (κ3) is 4.13. The summed E-state index contributed by atoms with van der Waals surface area (Å²) < 4.78 is 50.0. The molecule has 3 aliphatic heterocycles. The Morgan fingerprint density at radius 1 is 1.21 bits per heavy atom. The molecule has 2 fully saturated rings. The van der Waals surface area contributed by atoms with Crippen LogP contribution < -0.4 is 20.1 Å². The van der Waals surface area contributed by atoms with E-state index in [4.69, 9.17) is 36.5 Å². The summed E-state index contributed by atoms with van der Waals surface area (Å²) in [7, 11) is 2.03. The minimum absolute atomic E-state index is 0.00546. The summed E-state index contributed by atoms with van der Waals surface area (Å²) in [4.78, 5) is 13.6. The number of benzene rings is 2. The zero-order valence-corrected chi connectivity index (χ0v) is 24.5. The number of fused-ring (bicyclic) bond motifs is 1. The van der Waals surface area contributed by atoms with Crippen LogP contribution in [0.25, 0.3) is 32.1 Å². The van der Waals surface area contributed by atoms with E-state index in [0.717, 1.165) is 30.7 Å². The van der Waals surface area contributed by atoms with Gasteiger partial charge in [-0.15, -0.1) is 11.3 Å². The van der Waals surface area contributed by atoms with Crippen LogP contribution in [0.3, 0.4) is 0 Å². The summed E-state index contributed by atoms with van der Waals surface area (Å²) in [5.41, 5.74) is 6.25. The molecule has 218 valence electrons. The second kappa shape index (κ2) is 10.3. The SMILES string of the molecule is C[C@H](Oc1nc2c3c(c(Cl)c(-c4ccc(F)c5sc(N)c(C#N)c45)c(F)c3n1)OCCN2C1CCOC1)C1CCN1C. The highest BCUT2D eigenvalue weighted by atomic mass is 35.5.